The van der Waals surface area contributed by atoms with Gasteiger partial charge in [0, 0.05) is 24.5 Å². The smallest absolute Gasteiger partial charge is 0.352 e. The third-order valence-corrected chi connectivity index (χ3v) is 2.99. The number of nitrogens with one attached hydrogen (secondary N) is 1. The van der Waals surface area contributed by atoms with Gasteiger partial charge in [-0.3, -0.25) is 4.79 Å². The third kappa shape index (κ3) is 5.48. The Morgan fingerprint density at radius 3 is 2.84 bits per heavy atom. The molecule has 0 spiro atoms. The zero-order valence-electron chi connectivity index (χ0n) is 10.2. The highest BCUT2D eigenvalue weighted by molar-refractivity contribution is 8.00. The van der Waals surface area contributed by atoms with Crippen LogP contribution >= 0.6 is 11.8 Å². The van der Waals surface area contributed by atoms with Gasteiger partial charge in [-0.25, -0.2) is 4.98 Å². The van der Waals surface area contributed by atoms with Crippen molar-refractivity contribution in [2.45, 2.75) is 17.5 Å². The van der Waals surface area contributed by atoms with Gasteiger partial charge in [-0.15, -0.1) is 0 Å². The predicted octanol–water partition coefficient (Wildman–Crippen LogP) is 2.02. The van der Waals surface area contributed by atoms with Gasteiger partial charge in [0.15, 0.2) is 0 Å². The van der Waals surface area contributed by atoms with Crippen molar-refractivity contribution < 1.29 is 18.0 Å². The second-order valence-electron chi connectivity index (χ2n) is 3.95. The Labute approximate surface area is 113 Å². The van der Waals surface area contributed by atoms with Crippen molar-refractivity contribution in [1.82, 2.24) is 10.3 Å². The van der Waals surface area contributed by atoms with Crippen LogP contribution in [0.4, 0.5) is 13.2 Å². The van der Waals surface area contributed by atoms with Gasteiger partial charge in [0.05, 0.1) is 5.56 Å². The van der Waals surface area contributed by atoms with Crippen molar-refractivity contribution in [3.8, 4) is 0 Å². The summed E-state index contributed by atoms with van der Waals surface area (Å²) in [5, 5.41) is 2.18. The minimum atomic E-state index is -4.48. The van der Waals surface area contributed by atoms with Gasteiger partial charge >= 0.3 is 5.51 Å². The summed E-state index contributed by atoms with van der Waals surface area (Å²) in [5.74, 6) is -0.528. The van der Waals surface area contributed by atoms with Crippen molar-refractivity contribution in [1.29, 1.82) is 0 Å². The number of carbonyl (C=O) groups excluding carboxylic acids is 1. The number of pyridine rings is 1. The van der Waals surface area contributed by atoms with Crippen LogP contribution in [-0.2, 0) is 0 Å². The molecule has 4 nitrogen and oxygen atoms in total. The van der Waals surface area contributed by atoms with Crippen LogP contribution in [0.2, 0.25) is 0 Å². The zero-order valence-corrected chi connectivity index (χ0v) is 11.0. The van der Waals surface area contributed by atoms with E-state index in [0.717, 1.165) is 0 Å². The standard InChI is InChI=1S/C11H14F3N3OS/c1-7(5-15)6-17-9(18)8-3-2-4-16-10(8)19-11(12,13)14/h2-4,7H,5-6,15H2,1H3,(H,17,18). The SMILES string of the molecule is CC(CN)CNC(=O)c1cccnc1SC(F)(F)F. The van der Waals surface area contributed by atoms with E-state index in [9.17, 15) is 18.0 Å². The average Bonchev–Trinajstić information content (AvgIpc) is 2.34. The van der Waals surface area contributed by atoms with Crippen LogP contribution in [0.3, 0.4) is 0 Å². The van der Waals surface area contributed by atoms with Gasteiger partial charge in [0.1, 0.15) is 5.03 Å². The van der Waals surface area contributed by atoms with Crippen molar-refractivity contribution in [2.75, 3.05) is 13.1 Å². The summed E-state index contributed by atoms with van der Waals surface area (Å²) >= 11 is -0.401. The highest BCUT2D eigenvalue weighted by atomic mass is 32.2. The minimum absolute atomic E-state index is 0.0549. The topological polar surface area (TPSA) is 68.0 Å². The maximum Gasteiger partial charge on any atom is 0.447 e. The van der Waals surface area contributed by atoms with Crippen molar-refractivity contribution in [2.24, 2.45) is 11.7 Å². The molecule has 1 rings (SSSR count). The zero-order chi connectivity index (χ0) is 14.5. The molecule has 0 aliphatic heterocycles. The first kappa shape index (κ1) is 15.8. The highest BCUT2D eigenvalue weighted by Gasteiger charge is 2.32. The van der Waals surface area contributed by atoms with Crippen LogP contribution in [0, 0.1) is 5.92 Å². The highest BCUT2D eigenvalue weighted by Crippen LogP contribution is 2.37. The van der Waals surface area contributed by atoms with Crippen molar-refractivity contribution in [3.05, 3.63) is 23.9 Å². The summed E-state index contributed by atoms with van der Waals surface area (Å²) in [7, 11) is 0. The number of nitrogens with two attached hydrogens (primary N) is 1. The molecule has 8 heteroatoms. The first-order valence-electron chi connectivity index (χ1n) is 5.52. The number of hydrogen-bond donors (Lipinski definition) is 2. The molecular weight excluding hydrogens is 279 g/mol. The summed E-state index contributed by atoms with van der Waals surface area (Å²) in [6.07, 6.45) is 1.22. The summed E-state index contributed by atoms with van der Waals surface area (Å²) in [5.41, 5.74) is 0.826. The van der Waals surface area contributed by atoms with Gasteiger partial charge < -0.3 is 11.1 Å². The molecule has 1 atom stereocenters. The summed E-state index contributed by atoms with van der Waals surface area (Å²) in [4.78, 5) is 15.4. The Bertz CT molecular complexity index is 439. The van der Waals surface area contributed by atoms with E-state index < -0.39 is 23.2 Å². The lowest BCUT2D eigenvalue weighted by atomic mass is 10.2. The Kier molecular flexibility index (Phi) is 5.61. The summed E-state index contributed by atoms with van der Waals surface area (Å²) in [6, 6.07) is 2.73. The molecular formula is C11H14F3N3OS. The maximum atomic E-state index is 12.3. The van der Waals surface area contributed by atoms with E-state index >= 15 is 0 Å². The molecule has 1 amide bonds. The van der Waals surface area contributed by atoms with Crippen molar-refractivity contribution >= 4 is 17.7 Å². The molecule has 0 radical (unpaired) electrons. The Hall–Kier alpha value is -1.28. The molecule has 0 saturated carbocycles. The van der Waals surface area contributed by atoms with Gasteiger partial charge in [-0.1, -0.05) is 6.92 Å². The van der Waals surface area contributed by atoms with Crippen LogP contribution < -0.4 is 11.1 Å². The fraction of sp³-hybridized carbons (Fsp3) is 0.455. The summed E-state index contributed by atoms with van der Waals surface area (Å²) in [6.45, 7) is 2.52. The molecule has 19 heavy (non-hydrogen) atoms. The number of hydrogen-bond acceptors (Lipinski definition) is 4. The number of carbonyl (C=O) groups is 1. The van der Waals surface area contributed by atoms with Gasteiger partial charge in [-0.2, -0.15) is 13.2 Å². The average molecular weight is 293 g/mol. The van der Waals surface area contributed by atoms with Crippen LogP contribution in [0.15, 0.2) is 23.4 Å². The normalized spacial score (nSPS) is 13.1. The first-order valence-corrected chi connectivity index (χ1v) is 6.34. The molecule has 0 aliphatic carbocycles. The maximum absolute atomic E-state index is 12.3. The van der Waals surface area contributed by atoms with E-state index in [2.05, 4.69) is 10.3 Å². The fourth-order valence-corrected chi connectivity index (χ4v) is 1.80. The van der Waals surface area contributed by atoms with E-state index in [4.69, 9.17) is 5.73 Å². The molecule has 0 saturated heterocycles. The number of amides is 1. The lowest BCUT2D eigenvalue weighted by Crippen LogP contribution is -2.31. The number of halogens is 3. The predicted molar refractivity (Wildman–Crippen MR) is 66.7 cm³/mol. The quantitative estimate of drug-likeness (QED) is 0.815. The molecule has 1 aromatic rings. The van der Waals surface area contributed by atoms with Gasteiger partial charge in [-0.05, 0) is 24.6 Å². The third-order valence-electron chi connectivity index (χ3n) is 2.24. The molecule has 1 aromatic heterocycles. The summed E-state index contributed by atoms with van der Waals surface area (Å²) < 4.78 is 37.0. The van der Waals surface area contributed by atoms with Gasteiger partial charge in [0.2, 0.25) is 0 Å². The van der Waals surface area contributed by atoms with Crippen LogP contribution in [0.1, 0.15) is 17.3 Å². The van der Waals surface area contributed by atoms with E-state index in [-0.39, 0.29) is 16.5 Å². The second kappa shape index (κ2) is 6.76. The lowest BCUT2D eigenvalue weighted by Gasteiger charge is -2.12. The minimum Gasteiger partial charge on any atom is -0.352 e. The molecule has 3 N–H and O–H groups in total. The van der Waals surface area contributed by atoms with Crippen molar-refractivity contribution in [3.63, 3.8) is 0 Å². The Morgan fingerprint density at radius 2 is 2.26 bits per heavy atom. The van der Waals surface area contributed by atoms with Gasteiger partial charge in [0.25, 0.3) is 5.91 Å². The molecule has 1 heterocycles. The number of alkyl halides is 3. The van der Waals surface area contributed by atoms with E-state index in [0.29, 0.717) is 13.1 Å². The molecule has 1 unspecified atom stereocenters. The number of rotatable bonds is 5. The monoisotopic (exact) mass is 293 g/mol. The molecule has 0 aromatic carbocycles. The molecule has 0 bridgehead atoms. The van der Waals surface area contributed by atoms with Crippen LogP contribution in [-0.4, -0.2) is 29.5 Å². The van der Waals surface area contributed by atoms with Crippen LogP contribution in [0.25, 0.3) is 0 Å². The van der Waals surface area contributed by atoms with Crippen LogP contribution in [0.5, 0.6) is 0 Å². The molecule has 0 fully saturated rings. The fourth-order valence-electron chi connectivity index (χ4n) is 1.20. The molecule has 106 valence electrons. The molecule has 0 aliphatic rings. The number of aromatic nitrogens is 1. The number of thioether (sulfide) groups is 1. The van der Waals surface area contributed by atoms with E-state index in [1.54, 1.807) is 0 Å². The largest absolute Gasteiger partial charge is 0.447 e. The van der Waals surface area contributed by atoms with E-state index in [1.807, 2.05) is 6.92 Å². The first-order chi connectivity index (χ1) is 8.83. The van der Waals surface area contributed by atoms with E-state index in [1.165, 1.54) is 18.3 Å². The second-order valence-corrected chi connectivity index (χ2v) is 5.01. The Morgan fingerprint density at radius 1 is 1.58 bits per heavy atom. The number of nitrogens with zero attached hydrogens (tertiary/aromatic N) is 1. The lowest BCUT2D eigenvalue weighted by molar-refractivity contribution is -0.0329. The Balaban J connectivity index is 2.79.